The predicted octanol–water partition coefficient (Wildman–Crippen LogP) is 2.23. The van der Waals surface area contributed by atoms with Gasteiger partial charge in [-0.3, -0.25) is 0 Å². The minimum Gasteiger partial charge on any atom is -0.328 e. The van der Waals surface area contributed by atoms with Crippen LogP contribution in [-0.4, -0.2) is 30.1 Å². The predicted molar refractivity (Wildman–Crippen MR) is 62.3 cm³/mol. The Hall–Kier alpha value is -0.0800. The zero-order valence-electron chi connectivity index (χ0n) is 10.00. The third-order valence-electron chi connectivity index (χ3n) is 3.02. The van der Waals surface area contributed by atoms with E-state index in [1.807, 2.05) is 0 Å². The van der Waals surface area contributed by atoms with E-state index >= 15 is 0 Å². The molecule has 0 spiro atoms. The van der Waals surface area contributed by atoms with E-state index in [0.717, 1.165) is 12.3 Å². The van der Waals surface area contributed by atoms with Gasteiger partial charge in [0.25, 0.3) is 0 Å². The summed E-state index contributed by atoms with van der Waals surface area (Å²) in [5.41, 5.74) is 5.75. The second-order valence-corrected chi connectivity index (χ2v) is 5.15. The van der Waals surface area contributed by atoms with Crippen molar-refractivity contribution in [2.75, 3.05) is 13.1 Å². The van der Waals surface area contributed by atoms with Gasteiger partial charge in [0.05, 0.1) is 0 Å². The molecule has 0 radical (unpaired) electrons. The van der Waals surface area contributed by atoms with Gasteiger partial charge >= 0.3 is 0 Å². The van der Waals surface area contributed by atoms with Crippen LogP contribution in [0.3, 0.4) is 0 Å². The lowest BCUT2D eigenvalue weighted by molar-refractivity contribution is 0.207. The van der Waals surface area contributed by atoms with Gasteiger partial charge in [-0.1, -0.05) is 0 Å². The van der Waals surface area contributed by atoms with Gasteiger partial charge in [0.15, 0.2) is 0 Å². The van der Waals surface area contributed by atoms with Crippen molar-refractivity contribution in [3.8, 4) is 0 Å². The van der Waals surface area contributed by atoms with Crippen LogP contribution in [0.25, 0.3) is 0 Å². The molecule has 1 fully saturated rings. The molecule has 2 N–H and O–H groups in total. The molecule has 1 saturated carbocycles. The van der Waals surface area contributed by atoms with Crippen LogP contribution in [0.1, 0.15) is 46.5 Å². The Morgan fingerprint density at radius 3 is 2.36 bits per heavy atom. The van der Waals surface area contributed by atoms with Crippen molar-refractivity contribution in [3.05, 3.63) is 0 Å². The fourth-order valence-corrected chi connectivity index (χ4v) is 1.81. The highest BCUT2D eigenvalue weighted by Gasteiger charge is 2.24. The molecule has 2 nitrogen and oxygen atoms in total. The van der Waals surface area contributed by atoms with E-state index in [1.165, 1.54) is 32.4 Å². The van der Waals surface area contributed by atoms with E-state index in [9.17, 15) is 0 Å². The van der Waals surface area contributed by atoms with Crippen molar-refractivity contribution in [2.24, 2.45) is 11.7 Å². The number of nitrogens with two attached hydrogens (primary N) is 1. The summed E-state index contributed by atoms with van der Waals surface area (Å²) in [4.78, 5) is 2.61. The van der Waals surface area contributed by atoms with Crippen LogP contribution in [0.15, 0.2) is 0 Å². The van der Waals surface area contributed by atoms with Gasteiger partial charge in [-0.15, -0.1) is 0 Å². The van der Waals surface area contributed by atoms with E-state index in [-0.39, 0.29) is 0 Å². The molecule has 0 aromatic carbocycles. The highest BCUT2D eigenvalue weighted by atomic mass is 15.1. The second-order valence-electron chi connectivity index (χ2n) is 5.15. The smallest absolute Gasteiger partial charge is 0.00387 e. The molecule has 14 heavy (non-hydrogen) atoms. The van der Waals surface area contributed by atoms with Crippen molar-refractivity contribution < 1.29 is 0 Å². The number of hydrogen-bond acceptors (Lipinski definition) is 2. The van der Waals surface area contributed by atoms with Crippen molar-refractivity contribution in [2.45, 2.75) is 58.5 Å². The maximum atomic E-state index is 5.75. The maximum Gasteiger partial charge on any atom is 0.00387 e. The lowest BCUT2D eigenvalue weighted by atomic mass is 10.1. The summed E-state index contributed by atoms with van der Waals surface area (Å²) in [6.45, 7) is 9.25. The molecule has 0 amide bonds. The van der Waals surface area contributed by atoms with Crippen molar-refractivity contribution in [1.82, 2.24) is 4.90 Å². The minimum absolute atomic E-state index is 0.366. The van der Waals surface area contributed by atoms with Gasteiger partial charge < -0.3 is 10.6 Å². The molecule has 0 aromatic rings. The molecule has 84 valence electrons. The van der Waals surface area contributed by atoms with Crippen LogP contribution < -0.4 is 5.73 Å². The SMILES string of the molecule is CC(N)CCCN(CC1CC1)C(C)C. The lowest BCUT2D eigenvalue weighted by Crippen LogP contribution is -2.34. The number of hydrogen-bond donors (Lipinski definition) is 1. The monoisotopic (exact) mass is 198 g/mol. The summed E-state index contributed by atoms with van der Waals surface area (Å²) < 4.78 is 0. The van der Waals surface area contributed by atoms with Gasteiger partial charge in [0.1, 0.15) is 0 Å². The van der Waals surface area contributed by atoms with Crippen molar-refractivity contribution in [3.63, 3.8) is 0 Å². The topological polar surface area (TPSA) is 29.3 Å². The summed E-state index contributed by atoms with van der Waals surface area (Å²) in [7, 11) is 0. The molecule has 1 aliphatic rings. The molecular weight excluding hydrogens is 172 g/mol. The average molecular weight is 198 g/mol. The quantitative estimate of drug-likeness (QED) is 0.680. The third kappa shape index (κ3) is 4.97. The van der Waals surface area contributed by atoms with Crippen molar-refractivity contribution >= 4 is 0 Å². The Morgan fingerprint density at radius 2 is 1.93 bits per heavy atom. The second kappa shape index (κ2) is 5.72. The summed E-state index contributed by atoms with van der Waals surface area (Å²) in [5, 5.41) is 0. The van der Waals surface area contributed by atoms with E-state index in [4.69, 9.17) is 5.73 Å². The molecule has 0 aliphatic heterocycles. The molecule has 0 heterocycles. The molecular formula is C12H26N2. The highest BCUT2D eigenvalue weighted by molar-refractivity contribution is 4.78. The van der Waals surface area contributed by atoms with E-state index in [2.05, 4.69) is 25.7 Å². The minimum atomic E-state index is 0.366. The molecule has 0 saturated heterocycles. The zero-order valence-corrected chi connectivity index (χ0v) is 10.00. The molecule has 1 rings (SSSR count). The molecule has 1 unspecified atom stereocenters. The van der Waals surface area contributed by atoms with Crippen LogP contribution in [0, 0.1) is 5.92 Å². The molecule has 1 atom stereocenters. The van der Waals surface area contributed by atoms with Crippen LogP contribution in [0.4, 0.5) is 0 Å². The fourth-order valence-electron chi connectivity index (χ4n) is 1.81. The Morgan fingerprint density at radius 1 is 1.29 bits per heavy atom. The summed E-state index contributed by atoms with van der Waals surface area (Å²) in [6.07, 6.45) is 5.32. The molecule has 1 aliphatic carbocycles. The molecule has 0 aromatic heterocycles. The summed E-state index contributed by atoms with van der Waals surface area (Å²) in [6, 6.07) is 1.06. The first-order valence-corrected chi connectivity index (χ1v) is 6.09. The van der Waals surface area contributed by atoms with Crippen LogP contribution in [0.5, 0.6) is 0 Å². The van der Waals surface area contributed by atoms with Crippen molar-refractivity contribution in [1.29, 1.82) is 0 Å². The van der Waals surface area contributed by atoms with Crippen LogP contribution >= 0.6 is 0 Å². The fraction of sp³-hybridized carbons (Fsp3) is 1.00. The Balaban J connectivity index is 2.13. The average Bonchev–Trinajstić information content (AvgIpc) is 2.85. The van der Waals surface area contributed by atoms with Crippen LogP contribution in [-0.2, 0) is 0 Å². The lowest BCUT2D eigenvalue weighted by Gasteiger charge is -2.26. The molecule has 2 heteroatoms. The summed E-state index contributed by atoms with van der Waals surface area (Å²) >= 11 is 0. The van der Waals surface area contributed by atoms with Crippen LogP contribution in [0.2, 0.25) is 0 Å². The number of rotatable bonds is 7. The van der Waals surface area contributed by atoms with Gasteiger partial charge in [-0.25, -0.2) is 0 Å². The van der Waals surface area contributed by atoms with E-state index in [0.29, 0.717) is 12.1 Å². The first kappa shape index (κ1) is 12.0. The highest BCUT2D eigenvalue weighted by Crippen LogP contribution is 2.30. The normalized spacial score (nSPS) is 19.3. The zero-order chi connectivity index (χ0) is 10.6. The molecule has 0 bridgehead atoms. The Bertz CT molecular complexity index is 150. The largest absolute Gasteiger partial charge is 0.328 e. The first-order chi connectivity index (χ1) is 6.59. The first-order valence-electron chi connectivity index (χ1n) is 6.09. The number of nitrogens with zero attached hydrogens (tertiary/aromatic N) is 1. The Labute approximate surface area is 88.8 Å². The summed E-state index contributed by atoms with van der Waals surface area (Å²) in [5.74, 6) is 1.01. The van der Waals surface area contributed by atoms with Gasteiger partial charge in [-0.05, 0) is 58.9 Å². The Kier molecular flexibility index (Phi) is 4.90. The maximum absolute atomic E-state index is 5.75. The van der Waals surface area contributed by atoms with Gasteiger partial charge in [-0.2, -0.15) is 0 Å². The third-order valence-corrected chi connectivity index (χ3v) is 3.02. The van der Waals surface area contributed by atoms with Gasteiger partial charge in [0.2, 0.25) is 0 Å². The van der Waals surface area contributed by atoms with Gasteiger partial charge in [0, 0.05) is 18.6 Å². The van der Waals surface area contributed by atoms with E-state index < -0.39 is 0 Å². The standard InChI is InChI=1S/C12H26N2/c1-10(2)14(9-12-6-7-12)8-4-5-11(3)13/h10-12H,4-9,13H2,1-3H3. The van der Waals surface area contributed by atoms with E-state index in [1.54, 1.807) is 0 Å².